The number of rotatable bonds is 4. The van der Waals surface area contributed by atoms with Gasteiger partial charge in [0, 0.05) is 13.1 Å². The second kappa shape index (κ2) is 5.75. The normalized spacial score (nSPS) is 16.5. The fraction of sp³-hybridized carbons (Fsp3) is 0.538. The quantitative estimate of drug-likeness (QED) is 0.512. The molecule has 1 aromatic rings. The van der Waals surface area contributed by atoms with E-state index < -0.39 is 0 Å². The summed E-state index contributed by atoms with van der Waals surface area (Å²) in [4.78, 5) is 2.53. The van der Waals surface area contributed by atoms with Crippen LogP contribution in [0.25, 0.3) is 0 Å². The molecule has 1 atom stereocenters. The molecule has 1 aliphatic rings. The van der Waals surface area contributed by atoms with Gasteiger partial charge in [-0.25, -0.2) is 0 Å². The van der Waals surface area contributed by atoms with Crippen LogP contribution in [0.4, 0.5) is 11.4 Å². The van der Waals surface area contributed by atoms with Crippen molar-refractivity contribution < 1.29 is 0 Å². The molecule has 0 bridgehead atoms. The minimum atomic E-state index is 0.626. The largest absolute Gasteiger partial charge is 0.382 e. The third-order valence-electron chi connectivity index (χ3n) is 3.02. The van der Waals surface area contributed by atoms with E-state index in [9.17, 15) is 0 Å². The summed E-state index contributed by atoms with van der Waals surface area (Å²) in [5.41, 5.74) is 2.65. The lowest BCUT2D eigenvalue weighted by molar-refractivity contribution is 0.658. The van der Waals surface area contributed by atoms with Crippen molar-refractivity contribution in [2.24, 2.45) is 0 Å². The van der Waals surface area contributed by atoms with Gasteiger partial charge in [-0.1, -0.05) is 54.5 Å². The van der Waals surface area contributed by atoms with Crippen molar-refractivity contribution in [3.8, 4) is 0 Å². The molecule has 2 nitrogen and oxygen atoms in total. The van der Waals surface area contributed by atoms with Gasteiger partial charge in [0.05, 0.1) is 15.4 Å². The summed E-state index contributed by atoms with van der Waals surface area (Å²) in [6.45, 7) is 4.44. The first-order valence-electron chi connectivity index (χ1n) is 6.06. The van der Waals surface area contributed by atoms with Gasteiger partial charge >= 0.3 is 0 Å². The molecule has 1 heterocycles. The van der Waals surface area contributed by atoms with E-state index in [4.69, 9.17) is 0 Å². The van der Waals surface area contributed by atoms with Crippen LogP contribution in [0.5, 0.6) is 0 Å². The zero-order valence-electron chi connectivity index (χ0n) is 9.75. The molecule has 0 saturated carbocycles. The maximum absolute atomic E-state index is 3.46. The van der Waals surface area contributed by atoms with Gasteiger partial charge in [-0.3, -0.25) is 0 Å². The predicted octanol–water partition coefficient (Wildman–Crippen LogP) is 3.87. The van der Waals surface area contributed by atoms with Crippen LogP contribution in [0.15, 0.2) is 24.3 Å². The number of anilines is 2. The van der Waals surface area contributed by atoms with Gasteiger partial charge in [0.25, 0.3) is 0 Å². The number of hydrogen-bond acceptors (Lipinski definition) is 2. The third kappa shape index (κ3) is 2.62. The van der Waals surface area contributed by atoms with Crippen LogP contribution in [-0.2, 0) is 0 Å². The lowest BCUT2D eigenvalue weighted by Crippen LogP contribution is -2.38. The monoisotopic (exact) mass is 330 g/mol. The van der Waals surface area contributed by atoms with Crippen molar-refractivity contribution in [2.45, 2.75) is 30.2 Å². The van der Waals surface area contributed by atoms with Crippen molar-refractivity contribution >= 4 is 34.0 Å². The fourth-order valence-electron chi connectivity index (χ4n) is 2.12. The van der Waals surface area contributed by atoms with Gasteiger partial charge in [-0.05, 0) is 18.6 Å². The molecule has 1 aliphatic heterocycles. The maximum atomic E-state index is 3.46. The zero-order chi connectivity index (χ0) is 11.4. The first-order chi connectivity index (χ1) is 7.83. The van der Waals surface area contributed by atoms with Crippen molar-refractivity contribution in [2.75, 3.05) is 23.3 Å². The Bertz CT molecular complexity index is 340. The molecule has 0 saturated heterocycles. The second-order valence-corrected chi connectivity index (χ2v) is 5.65. The summed E-state index contributed by atoms with van der Waals surface area (Å²) >= 11 is 2.58. The highest BCUT2D eigenvalue weighted by molar-refractivity contribution is 14.1. The van der Waals surface area contributed by atoms with Gasteiger partial charge < -0.3 is 10.2 Å². The molecule has 88 valence electrons. The van der Waals surface area contributed by atoms with Crippen LogP contribution in [-0.4, -0.2) is 17.1 Å². The molecule has 16 heavy (non-hydrogen) atoms. The molecule has 0 aromatic heterocycles. The molecule has 0 spiro atoms. The molecular weight excluding hydrogens is 311 g/mol. The number of alkyl halides is 1. The Morgan fingerprint density at radius 2 is 2.25 bits per heavy atom. The molecule has 1 aromatic carbocycles. The van der Waals surface area contributed by atoms with Crippen LogP contribution >= 0.6 is 22.6 Å². The van der Waals surface area contributed by atoms with E-state index in [1.165, 1.54) is 30.6 Å². The standard InChI is InChI=1S/C13H19IN2/c1-2-3-8-13(14)16-10-9-15-11-6-4-5-7-12(11)16/h4-7,13,15H,2-3,8-10H2,1H3. The van der Waals surface area contributed by atoms with Gasteiger partial charge in [-0.15, -0.1) is 0 Å². The Kier molecular flexibility index (Phi) is 4.32. The smallest absolute Gasteiger partial charge is 0.0810 e. The average Bonchev–Trinajstić information content (AvgIpc) is 2.35. The summed E-state index contributed by atoms with van der Waals surface area (Å²) in [7, 11) is 0. The van der Waals surface area contributed by atoms with E-state index in [0.717, 1.165) is 13.1 Å². The molecule has 0 amide bonds. The van der Waals surface area contributed by atoms with E-state index in [-0.39, 0.29) is 0 Å². The predicted molar refractivity (Wildman–Crippen MR) is 79.6 cm³/mol. The van der Waals surface area contributed by atoms with Crippen molar-refractivity contribution in [1.82, 2.24) is 0 Å². The Hall–Kier alpha value is -0.450. The molecule has 0 radical (unpaired) electrons. The first kappa shape index (κ1) is 12.0. The Morgan fingerprint density at radius 3 is 3.06 bits per heavy atom. The van der Waals surface area contributed by atoms with Gasteiger partial charge in [0.15, 0.2) is 0 Å². The van der Waals surface area contributed by atoms with Crippen LogP contribution < -0.4 is 10.2 Å². The second-order valence-electron chi connectivity index (χ2n) is 4.21. The van der Waals surface area contributed by atoms with Gasteiger partial charge in [-0.2, -0.15) is 0 Å². The van der Waals surface area contributed by atoms with E-state index in [0.29, 0.717) is 4.05 Å². The van der Waals surface area contributed by atoms with Gasteiger partial charge in [0.2, 0.25) is 0 Å². The Morgan fingerprint density at radius 1 is 1.44 bits per heavy atom. The Balaban J connectivity index is 2.12. The Labute approximate surface area is 112 Å². The van der Waals surface area contributed by atoms with Crippen LogP contribution in [0.1, 0.15) is 26.2 Å². The molecule has 0 fully saturated rings. The SMILES string of the molecule is CCCCC(I)N1CCNc2ccccc21. The number of para-hydroxylation sites is 2. The van der Waals surface area contributed by atoms with Crippen molar-refractivity contribution in [3.63, 3.8) is 0 Å². The number of nitrogens with one attached hydrogen (secondary N) is 1. The summed E-state index contributed by atoms with van der Waals surface area (Å²) in [6, 6.07) is 8.62. The fourth-order valence-corrected chi connectivity index (χ4v) is 3.14. The van der Waals surface area contributed by atoms with Crippen molar-refractivity contribution in [3.05, 3.63) is 24.3 Å². The minimum absolute atomic E-state index is 0.626. The van der Waals surface area contributed by atoms with Gasteiger partial charge in [0.1, 0.15) is 0 Å². The molecule has 3 heteroatoms. The number of fused-ring (bicyclic) bond motifs is 1. The highest BCUT2D eigenvalue weighted by Gasteiger charge is 2.20. The maximum Gasteiger partial charge on any atom is 0.0810 e. The number of nitrogens with zero attached hydrogens (tertiary/aromatic N) is 1. The highest BCUT2D eigenvalue weighted by Crippen LogP contribution is 2.32. The van der Waals surface area contributed by atoms with E-state index in [2.05, 4.69) is 64.0 Å². The highest BCUT2D eigenvalue weighted by atomic mass is 127. The number of hydrogen-bond donors (Lipinski definition) is 1. The number of halogens is 1. The lowest BCUT2D eigenvalue weighted by atomic mass is 10.1. The first-order valence-corrected chi connectivity index (χ1v) is 7.31. The van der Waals surface area contributed by atoms with E-state index in [1.807, 2.05) is 0 Å². The van der Waals surface area contributed by atoms with Crippen molar-refractivity contribution in [1.29, 1.82) is 0 Å². The van der Waals surface area contributed by atoms with E-state index >= 15 is 0 Å². The number of unbranched alkanes of at least 4 members (excludes halogenated alkanes) is 1. The third-order valence-corrected chi connectivity index (χ3v) is 4.31. The molecule has 2 rings (SSSR count). The summed E-state index contributed by atoms with van der Waals surface area (Å²) in [5, 5.41) is 3.46. The number of benzene rings is 1. The molecule has 0 aliphatic carbocycles. The van der Waals surface area contributed by atoms with Crippen LogP contribution in [0.3, 0.4) is 0 Å². The summed E-state index contributed by atoms with van der Waals surface area (Å²) in [6.07, 6.45) is 3.89. The zero-order valence-corrected chi connectivity index (χ0v) is 11.9. The molecular formula is C13H19IN2. The average molecular weight is 330 g/mol. The summed E-state index contributed by atoms with van der Waals surface area (Å²) < 4.78 is 0.626. The van der Waals surface area contributed by atoms with Crippen LogP contribution in [0.2, 0.25) is 0 Å². The van der Waals surface area contributed by atoms with E-state index in [1.54, 1.807) is 0 Å². The topological polar surface area (TPSA) is 15.3 Å². The van der Waals surface area contributed by atoms with Crippen LogP contribution in [0, 0.1) is 0 Å². The molecule has 1 unspecified atom stereocenters. The molecule has 1 N–H and O–H groups in total. The summed E-state index contributed by atoms with van der Waals surface area (Å²) in [5.74, 6) is 0. The minimum Gasteiger partial charge on any atom is -0.382 e. The lowest BCUT2D eigenvalue weighted by Gasteiger charge is -2.35.